The van der Waals surface area contributed by atoms with E-state index in [1.807, 2.05) is 0 Å². The molecule has 3 fully saturated rings. The van der Waals surface area contributed by atoms with Crippen molar-refractivity contribution in [2.75, 3.05) is 19.8 Å². The van der Waals surface area contributed by atoms with Crippen LogP contribution in [0.3, 0.4) is 0 Å². The fourth-order valence-electron chi connectivity index (χ4n) is 1.94. The van der Waals surface area contributed by atoms with E-state index in [0.29, 0.717) is 19.8 Å². The number of nitrogens with zero attached hydrogens (tertiary/aromatic N) is 1. The average Bonchev–Trinajstić information content (AvgIpc) is 2.22. The Morgan fingerprint density at radius 3 is 2.29 bits per heavy atom. The van der Waals surface area contributed by atoms with E-state index in [9.17, 15) is 0 Å². The maximum atomic E-state index is 8.43. The molecule has 0 unspecified atom stereocenters. The molecule has 0 aromatic heterocycles. The molecular formula is C9H15NO4. The lowest BCUT2D eigenvalue weighted by Gasteiger charge is -2.50. The van der Waals surface area contributed by atoms with Gasteiger partial charge < -0.3 is 19.4 Å². The standard InChI is InChI=1S/C9H15NO4/c1-2-3-8-5-12-9(4-10-11,13-6-8)14-7-8/h4,11H,2-3,5-7H2,1H3. The van der Waals surface area contributed by atoms with Gasteiger partial charge in [-0.2, -0.15) is 0 Å². The summed E-state index contributed by atoms with van der Waals surface area (Å²) in [6.45, 7) is 3.94. The minimum absolute atomic E-state index is 0.000203. The molecule has 3 aliphatic heterocycles. The molecule has 0 spiro atoms. The van der Waals surface area contributed by atoms with Crippen LogP contribution >= 0.6 is 0 Å². The summed E-state index contributed by atoms with van der Waals surface area (Å²) < 4.78 is 16.2. The Bertz CT molecular complexity index is 216. The third-order valence-corrected chi connectivity index (χ3v) is 2.73. The van der Waals surface area contributed by atoms with Crippen LogP contribution in [0.1, 0.15) is 19.8 Å². The van der Waals surface area contributed by atoms with Gasteiger partial charge in [-0.3, -0.25) is 0 Å². The van der Waals surface area contributed by atoms with Crippen LogP contribution in [-0.4, -0.2) is 37.2 Å². The van der Waals surface area contributed by atoms with Gasteiger partial charge in [-0.15, -0.1) is 0 Å². The van der Waals surface area contributed by atoms with Crippen molar-refractivity contribution >= 4 is 6.21 Å². The maximum absolute atomic E-state index is 8.43. The fraction of sp³-hybridized carbons (Fsp3) is 0.889. The zero-order chi connectivity index (χ0) is 10.1. The number of oxime groups is 1. The van der Waals surface area contributed by atoms with E-state index in [1.54, 1.807) is 0 Å². The summed E-state index contributed by atoms with van der Waals surface area (Å²) in [5.41, 5.74) is -0.000203. The van der Waals surface area contributed by atoms with Crippen molar-refractivity contribution in [3.63, 3.8) is 0 Å². The number of rotatable bonds is 3. The summed E-state index contributed by atoms with van der Waals surface area (Å²) in [5, 5.41) is 11.3. The van der Waals surface area contributed by atoms with Crippen LogP contribution in [0.15, 0.2) is 5.16 Å². The van der Waals surface area contributed by atoms with E-state index in [4.69, 9.17) is 19.4 Å². The molecule has 3 heterocycles. The van der Waals surface area contributed by atoms with Gasteiger partial charge in [0.05, 0.1) is 19.8 Å². The minimum atomic E-state index is -1.23. The van der Waals surface area contributed by atoms with E-state index < -0.39 is 5.97 Å². The largest absolute Gasteiger partial charge is 0.411 e. The second-order valence-corrected chi connectivity index (χ2v) is 3.96. The second-order valence-electron chi connectivity index (χ2n) is 3.96. The van der Waals surface area contributed by atoms with Gasteiger partial charge in [0.25, 0.3) is 0 Å². The van der Waals surface area contributed by atoms with Gasteiger partial charge in [0.15, 0.2) is 0 Å². The molecule has 0 radical (unpaired) electrons. The molecule has 80 valence electrons. The highest BCUT2D eigenvalue weighted by atomic mass is 16.9. The zero-order valence-electron chi connectivity index (χ0n) is 8.23. The van der Waals surface area contributed by atoms with Crippen LogP contribution in [0.4, 0.5) is 0 Å². The molecular weight excluding hydrogens is 186 g/mol. The van der Waals surface area contributed by atoms with Gasteiger partial charge in [-0.1, -0.05) is 18.5 Å². The molecule has 0 aromatic carbocycles. The lowest BCUT2D eigenvalue weighted by atomic mass is 9.84. The van der Waals surface area contributed by atoms with Crippen LogP contribution in [0.2, 0.25) is 0 Å². The Morgan fingerprint density at radius 1 is 1.29 bits per heavy atom. The van der Waals surface area contributed by atoms with Gasteiger partial charge in [0.1, 0.15) is 6.21 Å². The van der Waals surface area contributed by atoms with E-state index in [2.05, 4.69) is 12.1 Å². The molecule has 5 heteroatoms. The molecule has 0 amide bonds. The van der Waals surface area contributed by atoms with Crippen LogP contribution in [0.5, 0.6) is 0 Å². The Morgan fingerprint density at radius 2 is 1.86 bits per heavy atom. The van der Waals surface area contributed by atoms with Crippen molar-refractivity contribution in [3.8, 4) is 0 Å². The van der Waals surface area contributed by atoms with Crippen molar-refractivity contribution in [3.05, 3.63) is 0 Å². The van der Waals surface area contributed by atoms with Crippen LogP contribution < -0.4 is 0 Å². The van der Waals surface area contributed by atoms with Gasteiger partial charge >= 0.3 is 5.97 Å². The van der Waals surface area contributed by atoms with Crippen LogP contribution in [0.25, 0.3) is 0 Å². The molecule has 3 saturated heterocycles. The van der Waals surface area contributed by atoms with E-state index in [-0.39, 0.29) is 5.41 Å². The molecule has 0 saturated carbocycles. The topological polar surface area (TPSA) is 60.3 Å². The number of ether oxygens (including phenoxy) is 3. The first-order chi connectivity index (χ1) is 6.74. The summed E-state index contributed by atoms with van der Waals surface area (Å²) in [5.74, 6) is -1.23. The first-order valence-electron chi connectivity index (χ1n) is 4.85. The lowest BCUT2D eigenvalue weighted by molar-refractivity contribution is -0.431. The summed E-state index contributed by atoms with van der Waals surface area (Å²) in [4.78, 5) is 0. The first-order valence-corrected chi connectivity index (χ1v) is 4.85. The summed E-state index contributed by atoms with van der Waals surface area (Å²) in [6, 6.07) is 0. The highest BCUT2D eigenvalue weighted by Crippen LogP contribution is 2.40. The minimum Gasteiger partial charge on any atom is -0.411 e. The van der Waals surface area contributed by atoms with E-state index in [1.165, 1.54) is 0 Å². The Balaban J connectivity index is 2.05. The molecule has 0 aliphatic carbocycles. The van der Waals surface area contributed by atoms with Crippen molar-refractivity contribution in [2.45, 2.75) is 25.7 Å². The van der Waals surface area contributed by atoms with Crippen molar-refractivity contribution in [2.24, 2.45) is 10.6 Å². The molecule has 0 atom stereocenters. The molecule has 5 nitrogen and oxygen atoms in total. The van der Waals surface area contributed by atoms with Crippen molar-refractivity contribution in [1.82, 2.24) is 0 Å². The first kappa shape index (κ1) is 9.89. The van der Waals surface area contributed by atoms with Gasteiger partial charge in [-0.05, 0) is 6.42 Å². The van der Waals surface area contributed by atoms with Gasteiger partial charge in [0, 0.05) is 5.41 Å². The molecule has 2 bridgehead atoms. The maximum Gasteiger partial charge on any atom is 0.326 e. The molecule has 3 aliphatic rings. The fourth-order valence-corrected chi connectivity index (χ4v) is 1.94. The Hall–Kier alpha value is -0.650. The number of fused-ring (bicyclic) bond motifs is 3. The van der Waals surface area contributed by atoms with Gasteiger partial charge in [0.2, 0.25) is 0 Å². The summed E-state index contributed by atoms with van der Waals surface area (Å²) in [6.07, 6.45) is 3.25. The van der Waals surface area contributed by atoms with Crippen molar-refractivity contribution in [1.29, 1.82) is 0 Å². The quantitative estimate of drug-likeness (QED) is 0.420. The number of hydrogen-bond donors (Lipinski definition) is 1. The summed E-state index contributed by atoms with van der Waals surface area (Å²) in [7, 11) is 0. The highest BCUT2D eigenvalue weighted by molar-refractivity contribution is 5.64. The van der Waals surface area contributed by atoms with Crippen LogP contribution in [-0.2, 0) is 14.2 Å². The Labute approximate surface area is 82.6 Å². The van der Waals surface area contributed by atoms with Crippen LogP contribution in [0, 0.1) is 5.41 Å². The molecule has 0 aromatic rings. The zero-order valence-corrected chi connectivity index (χ0v) is 8.23. The predicted octanol–water partition coefficient (Wildman–Crippen LogP) is 0.964. The second kappa shape index (κ2) is 3.49. The molecule has 3 rings (SSSR count). The molecule has 14 heavy (non-hydrogen) atoms. The third-order valence-electron chi connectivity index (χ3n) is 2.73. The molecule has 1 N–H and O–H groups in total. The normalized spacial score (nSPS) is 42.1. The monoisotopic (exact) mass is 201 g/mol. The van der Waals surface area contributed by atoms with Crippen molar-refractivity contribution < 1.29 is 19.4 Å². The highest BCUT2D eigenvalue weighted by Gasteiger charge is 2.51. The predicted molar refractivity (Wildman–Crippen MR) is 48.2 cm³/mol. The van der Waals surface area contributed by atoms with Gasteiger partial charge in [-0.25, -0.2) is 0 Å². The third kappa shape index (κ3) is 1.51. The number of hydrogen-bond acceptors (Lipinski definition) is 5. The summed E-state index contributed by atoms with van der Waals surface area (Å²) >= 11 is 0. The lowest BCUT2D eigenvalue weighted by Crippen LogP contribution is -2.60. The smallest absolute Gasteiger partial charge is 0.326 e. The SMILES string of the molecule is CCCC12COC(C=NO)(OC1)OC2. The average molecular weight is 201 g/mol. The van der Waals surface area contributed by atoms with E-state index >= 15 is 0 Å². The Kier molecular flexibility index (Phi) is 2.47. The van der Waals surface area contributed by atoms with E-state index in [0.717, 1.165) is 19.1 Å².